The molecule has 5 heteroatoms. The summed E-state index contributed by atoms with van der Waals surface area (Å²) < 4.78 is 12.7. The van der Waals surface area contributed by atoms with E-state index in [2.05, 4.69) is 17.3 Å². The van der Waals surface area contributed by atoms with Crippen molar-refractivity contribution in [3.63, 3.8) is 0 Å². The number of nitrogens with one attached hydrogen (secondary N) is 1. The van der Waals surface area contributed by atoms with Crippen molar-refractivity contribution in [2.45, 2.75) is 51.3 Å². The van der Waals surface area contributed by atoms with E-state index in [1.807, 2.05) is 17.1 Å². The molecule has 2 unspecified atom stereocenters. The second kappa shape index (κ2) is 7.50. The monoisotopic (exact) mass is 267 g/mol. The SMILES string of the molecule is CCCC1CC(Nc2cnn(CCOC)c2)CCO1. The lowest BCUT2D eigenvalue weighted by Gasteiger charge is -2.30. The number of anilines is 1. The predicted octanol–water partition coefficient (Wildman–Crippen LogP) is 2.29. The Morgan fingerprint density at radius 2 is 2.47 bits per heavy atom. The maximum absolute atomic E-state index is 5.77. The Balaban J connectivity index is 1.81. The third kappa shape index (κ3) is 4.51. The molecule has 0 saturated carbocycles. The van der Waals surface area contributed by atoms with Gasteiger partial charge in [0.15, 0.2) is 0 Å². The van der Waals surface area contributed by atoms with Crippen LogP contribution >= 0.6 is 0 Å². The molecule has 1 aliphatic heterocycles. The quantitative estimate of drug-likeness (QED) is 0.823. The summed E-state index contributed by atoms with van der Waals surface area (Å²) in [6.07, 6.45) is 8.86. The lowest BCUT2D eigenvalue weighted by molar-refractivity contribution is 0.00598. The molecule has 0 amide bonds. The highest BCUT2D eigenvalue weighted by Gasteiger charge is 2.21. The minimum atomic E-state index is 0.416. The molecule has 0 spiro atoms. The van der Waals surface area contributed by atoms with Crippen molar-refractivity contribution in [2.24, 2.45) is 0 Å². The molecule has 2 atom stereocenters. The van der Waals surface area contributed by atoms with Crippen molar-refractivity contribution in [3.05, 3.63) is 12.4 Å². The van der Waals surface area contributed by atoms with E-state index in [1.165, 1.54) is 6.42 Å². The van der Waals surface area contributed by atoms with Crippen molar-refractivity contribution in [2.75, 3.05) is 25.6 Å². The lowest BCUT2D eigenvalue weighted by Crippen LogP contribution is -2.33. The molecule has 0 bridgehead atoms. The van der Waals surface area contributed by atoms with E-state index >= 15 is 0 Å². The fraction of sp³-hybridized carbons (Fsp3) is 0.786. The summed E-state index contributed by atoms with van der Waals surface area (Å²) in [5, 5.41) is 7.88. The number of methoxy groups -OCH3 is 1. The largest absolute Gasteiger partial charge is 0.383 e. The highest BCUT2D eigenvalue weighted by molar-refractivity contribution is 5.39. The Kier molecular flexibility index (Phi) is 5.66. The first-order valence-electron chi connectivity index (χ1n) is 7.21. The lowest BCUT2D eigenvalue weighted by atomic mass is 10.00. The number of hydrogen-bond acceptors (Lipinski definition) is 4. The molecule has 19 heavy (non-hydrogen) atoms. The van der Waals surface area contributed by atoms with Gasteiger partial charge < -0.3 is 14.8 Å². The van der Waals surface area contributed by atoms with E-state index in [1.54, 1.807) is 7.11 Å². The Bertz CT molecular complexity index is 365. The van der Waals surface area contributed by atoms with Gasteiger partial charge in [-0.15, -0.1) is 0 Å². The minimum Gasteiger partial charge on any atom is -0.383 e. The Morgan fingerprint density at radius 1 is 1.58 bits per heavy atom. The minimum absolute atomic E-state index is 0.416. The van der Waals surface area contributed by atoms with Crippen LogP contribution in [-0.4, -0.2) is 42.2 Å². The van der Waals surface area contributed by atoms with Crippen LogP contribution in [0.15, 0.2) is 12.4 Å². The molecule has 2 heterocycles. The van der Waals surface area contributed by atoms with Gasteiger partial charge in [-0.05, 0) is 19.3 Å². The zero-order valence-corrected chi connectivity index (χ0v) is 12.0. The van der Waals surface area contributed by atoms with Gasteiger partial charge in [-0.25, -0.2) is 0 Å². The third-order valence-corrected chi connectivity index (χ3v) is 3.51. The normalized spacial score (nSPS) is 23.5. The van der Waals surface area contributed by atoms with Crippen molar-refractivity contribution < 1.29 is 9.47 Å². The number of rotatable bonds is 7. The van der Waals surface area contributed by atoms with Crippen LogP contribution in [0.1, 0.15) is 32.6 Å². The van der Waals surface area contributed by atoms with Crippen molar-refractivity contribution in [1.29, 1.82) is 0 Å². The number of aromatic nitrogens is 2. The standard InChI is InChI=1S/C14H25N3O2/c1-3-4-14-9-12(5-7-19-14)16-13-10-15-17(11-13)6-8-18-2/h10-12,14,16H,3-9H2,1-2H3. The first kappa shape index (κ1) is 14.3. The second-order valence-electron chi connectivity index (χ2n) is 5.13. The average molecular weight is 267 g/mol. The first-order chi connectivity index (χ1) is 9.31. The highest BCUT2D eigenvalue weighted by atomic mass is 16.5. The number of nitrogens with zero attached hydrogens (tertiary/aromatic N) is 2. The van der Waals surface area contributed by atoms with Crippen molar-refractivity contribution in [1.82, 2.24) is 9.78 Å². The molecule has 1 aliphatic rings. The van der Waals surface area contributed by atoms with Gasteiger partial charge in [0.25, 0.3) is 0 Å². The molecule has 108 valence electrons. The van der Waals surface area contributed by atoms with Gasteiger partial charge in [0.05, 0.1) is 31.1 Å². The summed E-state index contributed by atoms with van der Waals surface area (Å²) >= 11 is 0. The molecule has 1 fully saturated rings. The Morgan fingerprint density at radius 3 is 3.26 bits per heavy atom. The summed E-state index contributed by atoms with van der Waals surface area (Å²) in [6.45, 7) is 4.56. The van der Waals surface area contributed by atoms with Crippen molar-refractivity contribution >= 4 is 5.69 Å². The molecule has 1 N–H and O–H groups in total. The topological polar surface area (TPSA) is 48.3 Å². The smallest absolute Gasteiger partial charge is 0.0728 e. The Labute approximate surface area is 115 Å². The van der Waals surface area contributed by atoms with Crippen molar-refractivity contribution in [3.8, 4) is 0 Å². The molecule has 1 saturated heterocycles. The fourth-order valence-corrected chi connectivity index (χ4v) is 2.52. The van der Waals surface area contributed by atoms with E-state index in [0.29, 0.717) is 18.8 Å². The summed E-state index contributed by atoms with van der Waals surface area (Å²) in [4.78, 5) is 0. The fourth-order valence-electron chi connectivity index (χ4n) is 2.52. The van der Waals surface area contributed by atoms with Gasteiger partial charge in [0.2, 0.25) is 0 Å². The molecule has 5 nitrogen and oxygen atoms in total. The van der Waals surface area contributed by atoms with E-state index in [4.69, 9.17) is 9.47 Å². The Hall–Kier alpha value is -1.07. The molecule has 0 radical (unpaired) electrons. The van der Waals surface area contributed by atoms with Crippen LogP contribution < -0.4 is 5.32 Å². The second-order valence-corrected chi connectivity index (χ2v) is 5.13. The van der Waals surface area contributed by atoms with Gasteiger partial charge in [-0.1, -0.05) is 13.3 Å². The third-order valence-electron chi connectivity index (χ3n) is 3.51. The molecule has 2 rings (SSSR count). The molecule has 0 aromatic carbocycles. The first-order valence-corrected chi connectivity index (χ1v) is 7.21. The van der Waals surface area contributed by atoms with Crippen LogP contribution in [0, 0.1) is 0 Å². The van der Waals surface area contributed by atoms with E-state index in [0.717, 1.165) is 38.1 Å². The summed E-state index contributed by atoms with van der Waals surface area (Å²) in [5.74, 6) is 0. The predicted molar refractivity (Wildman–Crippen MR) is 75.4 cm³/mol. The molecular weight excluding hydrogens is 242 g/mol. The number of ether oxygens (including phenoxy) is 2. The van der Waals surface area contributed by atoms with Gasteiger partial charge >= 0.3 is 0 Å². The zero-order valence-electron chi connectivity index (χ0n) is 12.0. The molecule has 1 aromatic rings. The summed E-state index contributed by atoms with van der Waals surface area (Å²) in [5.41, 5.74) is 1.10. The number of hydrogen-bond donors (Lipinski definition) is 1. The summed E-state index contributed by atoms with van der Waals surface area (Å²) in [7, 11) is 1.71. The van der Waals surface area contributed by atoms with Gasteiger partial charge in [0, 0.05) is 26.0 Å². The molecular formula is C14H25N3O2. The summed E-state index contributed by atoms with van der Waals surface area (Å²) in [6, 6.07) is 0.505. The molecule has 1 aromatic heterocycles. The highest BCUT2D eigenvalue weighted by Crippen LogP contribution is 2.21. The van der Waals surface area contributed by atoms with E-state index in [-0.39, 0.29) is 0 Å². The van der Waals surface area contributed by atoms with Crippen LogP contribution in [-0.2, 0) is 16.0 Å². The van der Waals surface area contributed by atoms with Crippen LogP contribution in [0.5, 0.6) is 0 Å². The van der Waals surface area contributed by atoms with Crippen LogP contribution in [0.3, 0.4) is 0 Å². The maximum Gasteiger partial charge on any atom is 0.0728 e. The average Bonchev–Trinajstić information content (AvgIpc) is 2.85. The van der Waals surface area contributed by atoms with Gasteiger partial charge in [0.1, 0.15) is 0 Å². The van der Waals surface area contributed by atoms with Crippen LogP contribution in [0.25, 0.3) is 0 Å². The van der Waals surface area contributed by atoms with Gasteiger partial charge in [-0.2, -0.15) is 5.10 Å². The van der Waals surface area contributed by atoms with E-state index in [9.17, 15) is 0 Å². The zero-order chi connectivity index (χ0) is 13.5. The van der Waals surface area contributed by atoms with Crippen LogP contribution in [0.2, 0.25) is 0 Å². The maximum atomic E-state index is 5.77. The van der Waals surface area contributed by atoms with Crippen LogP contribution in [0.4, 0.5) is 5.69 Å². The van der Waals surface area contributed by atoms with Gasteiger partial charge in [-0.3, -0.25) is 4.68 Å². The molecule has 0 aliphatic carbocycles. The van der Waals surface area contributed by atoms with E-state index < -0.39 is 0 Å².